The van der Waals surface area contributed by atoms with Gasteiger partial charge in [-0.2, -0.15) is 0 Å². The van der Waals surface area contributed by atoms with Crippen LogP contribution in [0.25, 0.3) is 0 Å². The Hall–Kier alpha value is -0.280. The van der Waals surface area contributed by atoms with E-state index in [0.29, 0.717) is 0 Å². The van der Waals surface area contributed by atoms with Crippen molar-refractivity contribution < 1.29 is 9.53 Å². The smallest absolute Gasteiger partial charge is 0.323 e. The fourth-order valence-electron chi connectivity index (χ4n) is 2.35. The molecule has 3 heterocycles. The van der Waals surface area contributed by atoms with Crippen LogP contribution >= 0.6 is 12.4 Å². The third-order valence-electron chi connectivity index (χ3n) is 3.12. The molecule has 0 amide bonds. The lowest BCUT2D eigenvalue weighted by Gasteiger charge is -2.43. The number of fused-ring (bicyclic) bond motifs is 3. The molecule has 0 aromatic heterocycles. The standard InChI is InChI=1S/C9H15NO2.ClH/c1-12-9(11)8-6-7-2-4-10(8)5-3-7;/h7-8H,2-6H2,1H3;1H. The minimum Gasteiger partial charge on any atom is -0.468 e. The Morgan fingerprint density at radius 1 is 1.38 bits per heavy atom. The average Bonchev–Trinajstić information content (AvgIpc) is 2.18. The maximum atomic E-state index is 11.3. The molecule has 0 aliphatic carbocycles. The summed E-state index contributed by atoms with van der Waals surface area (Å²) in [6.07, 6.45) is 3.56. The lowest BCUT2D eigenvalue weighted by molar-refractivity contribution is -0.151. The maximum Gasteiger partial charge on any atom is 0.323 e. The van der Waals surface area contributed by atoms with Crippen molar-refractivity contribution in [3.05, 3.63) is 0 Å². The molecule has 2 bridgehead atoms. The molecule has 0 radical (unpaired) electrons. The molecule has 3 aliphatic rings. The van der Waals surface area contributed by atoms with Gasteiger partial charge in [-0.15, -0.1) is 12.4 Å². The molecule has 0 spiro atoms. The van der Waals surface area contributed by atoms with Crippen LogP contribution in [0, 0.1) is 5.92 Å². The normalized spacial score (nSPS) is 36.5. The van der Waals surface area contributed by atoms with Gasteiger partial charge in [0.2, 0.25) is 0 Å². The van der Waals surface area contributed by atoms with E-state index >= 15 is 0 Å². The zero-order chi connectivity index (χ0) is 8.55. The van der Waals surface area contributed by atoms with E-state index in [9.17, 15) is 4.79 Å². The van der Waals surface area contributed by atoms with Crippen LogP contribution in [0.3, 0.4) is 0 Å². The average molecular weight is 206 g/mol. The number of halogens is 1. The van der Waals surface area contributed by atoms with Crippen LogP contribution in [0.2, 0.25) is 0 Å². The van der Waals surface area contributed by atoms with Gasteiger partial charge in [0.05, 0.1) is 7.11 Å². The van der Waals surface area contributed by atoms with Gasteiger partial charge in [0.1, 0.15) is 6.04 Å². The third-order valence-corrected chi connectivity index (χ3v) is 3.12. The molecule has 3 rings (SSSR count). The first-order chi connectivity index (χ1) is 5.81. The molecule has 0 aromatic carbocycles. The van der Waals surface area contributed by atoms with Crippen molar-refractivity contribution >= 4 is 18.4 Å². The number of ether oxygens (including phenoxy) is 1. The van der Waals surface area contributed by atoms with E-state index in [1.165, 1.54) is 20.0 Å². The Morgan fingerprint density at radius 3 is 2.38 bits per heavy atom. The molecule has 3 saturated heterocycles. The summed E-state index contributed by atoms with van der Waals surface area (Å²) < 4.78 is 4.76. The lowest BCUT2D eigenvalue weighted by atomic mass is 9.83. The summed E-state index contributed by atoms with van der Waals surface area (Å²) in [4.78, 5) is 13.5. The van der Waals surface area contributed by atoms with E-state index in [0.717, 1.165) is 25.4 Å². The van der Waals surface area contributed by atoms with Gasteiger partial charge in [0.15, 0.2) is 0 Å². The molecular weight excluding hydrogens is 190 g/mol. The van der Waals surface area contributed by atoms with Gasteiger partial charge in [-0.05, 0) is 38.3 Å². The van der Waals surface area contributed by atoms with Gasteiger partial charge < -0.3 is 4.74 Å². The molecule has 3 aliphatic heterocycles. The van der Waals surface area contributed by atoms with Gasteiger partial charge in [-0.25, -0.2) is 0 Å². The molecule has 3 fully saturated rings. The van der Waals surface area contributed by atoms with Crippen LogP contribution in [0.1, 0.15) is 19.3 Å². The fraction of sp³-hybridized carbons (Fsp3) is 0.889. The van der Waals surface area contributed by atoms with E-state index < -0.39 is 0 Å². The van der Waals surface area contributed by atoms with E-state index in [4.69, 9.17) is 4.74 Å². The number of hydrogen-bond donors (Lipinski definition) is 0. The number of methoxy groups -OCH3 is 1. The molecule has 0 N–H and O–H groups in total. The SMILES string of the molecule is COC(=O)C1CC2CCN1CC2.Cl. The first-order valence-corrected chi connectivity index (χ1v) is 4.63. The van der Waals surface area contributed by atoms with Gasteiger partial charge >= 0.3 is 5.97 Å². The van der Waals surface area contributed by atoms with Crippen LogP contribution in [0.4, 0.5) is 0 Å². The minimum absolute atomic E-state index is 0. The van der Waals surface area contributed by atoms with Crippen molar-refractivity contribution in [2.24, 2.45) is 5.92 Å². The van der Waals surface area contributed by atoms with Gasteiger partial charge in [-0.3, -0.25) is 9.69 Å². The Labute approximate surface area is 84.8 Å². The number of carbonyl (C=O) groups is 1. The highest BCUT2D eigenvalue weighted by atomic mass is 35.5. The quantitative estimate of drug-likeness (QED) is 0.600. The van der Waals surface area contributed by atoms with Crippen LogP contribution in [0.15, 0.2) is 0 Å². The fourth-order valence-corrected chi connectivity index (χ4v) is 2.35. The van der Waals surface area contributed by atoms with Gasteiger partial charge in [0.25, 0.3) is 0 Å². The summed E-state index contributed by atoms with van der Waals surface area (Å²) >= 11 is 0. The maximum absolute atomic E-state index is 11.3. The highest BCUT2D eigenvalue weighted by Crippen LogP contribution is 2.31. The Morgan fingerprint density at radius 2 is 2.00 bits per heavy atom. The highest BCUT2D eigenvalue weighted by molar-refractivity contribution is 5.85. The Kier molecular flexibility index (Phi) is 3.56. The summed E-state index contributed by atoms with van der Waals surface area (Å²) in [5, 5.41) is 0. The summed E-state index contributed by atoms with van der Waals surface area (Å²) in [5.41, 5.74) is 0. The highest BCUT2D eigenvalue weighted by Gasteiger charge is 2.37. The van der Waals surface area contributed by atoms with Crippen LogP contribution in [-0.4, -0.2) is 37.1 Å². The second-order valence-electron chi connectivity index (χ2n) is 3.75. The van der Waals surface area contributed by atoms with Crippen molar-refractivity contribution in [3.63, 3.8) is 0 Å². The van der Waals surface area contributed by atoms with E-state index in [2.05, 4.69) is 4.90 Å². The number of hydrogen-bond acceptors (Lipinski definition) is 3. The summed E-state index contributed by atoms with van der Waals surface area (Å²) in [7, 11) is 1.48. The predicted octanol–water partition coefficient (Wildman–Crippen LogP) is 1.07. The molecule has 4 heteroatoms. The minimum atomic E-state index is -0.0422. The van der Waals surface area contributed by atoms with Crippen molar-refractivity contribution in [1.29, 1.82) is 0 Å². The molecular formula is C9H16ClNO2. The monoisotopic (exact) mass is 205 g/mol. The molecule has 76 valence electrons. The number of rotatable bonds is 1. The van der Waals surface area contributed by atoms with Crippen LogP contribution in [-0.2, 0) is 9.53 Å². The number of piperidine rings is 3. The zero-order valence-corrected chi connectivity index (χ0v) is 8.68. The van der Waals surface area contributed by atoms with Crippen molar-refractivity contribution in [3.8, 4) is 0 Å². The Balaban J connectivity index is 0.000000845. The van der Waals surface area contributed by atoms with Crippen molar-refractivity contribution in [2.45, 2.75) is 25.3 Å². The Bertz CT molecular complexity index is 190. The summed E-state index contributed by atoms with van der Waals surface area (Å²) in [6, 6.07) is 0.0718. The lowest BCUT2D eigenvalue weighted by Crippen LogP contribution is -2.52. The largest absolute Gasteiger partial charge is 0.468 e. The number of carbonyl (C=O) groups excluding carboxylic acids is 1. The zero-order valence-electron chi connectivity index (χ0n) is 7.86. The van der Waals surface area contributed by atoms with Crippen molar-refractivity contribution in [1.82, 2.24) is 4.90 Å². The molecule has 3 nitrogen and oxygen atoms in total. The topological polar surface area (TPSA) is 29.5 Å². The molecule has 1 unspecified atom stereocenters. The first kappa shape index (κ1) is 10.8. The summed E-state index contributed by atoms with van der Waals surface area (Å²) in [5.74, 6) is 0.735. The predicted molar refractivity (Wildman–Crippen MR) is 52.0 cm³/mol. The summed E-state index contributed by atoms with van der Waals surface area (Å²) in [6.45, 7) is 2.18. The van der Waals surface area contributed by atoms with E-state index in [-0.39, 0.29) is 24.4 Å². The third kappa shape index (κ3) is 1.97. The van der Waals surface area contributed by atoms with Gasteiger partial charge in [-0.1, -0.05) is 0 Å². The van der Waals surface area contributed by atoms with Crippen LogP contribution < -0.4 is 0 Å². The molecule has 1 atom stereocenters. The second kappa shape index (κ2) is 4.29. The first-order valence-electron chi connectivity index (χ1n) is 4.63. The number of nitrogens with zero attached hydrogens (tertiary/aromatic N) is 1. The van der Waals surface area contributed by atoms with Crippen molar-refractivity contribution in [2.75, 3.05) is 20.2 Å². The van der Waals surface area contributed by atoms with E-state index in [1.54, 1.807) is 0 Å². The number of esters is 1. The van der Waals surface area contributed by atoms with Crippen LogP contribution in [0.5, 0.6) is 0 Å². The molecule has 0 saturated carbocycles. The van der Waals surface area contributed by atoms with Gasteiger partial charge in [0, 0.05) is 0 Å². The second-order valence-corrected chi connectivity index (χ2v) is 3.75. The molecule has 13 heavy (non-hydrogen) atoms. The molecule has 0 aromatic rings. The van der Waals surface area contributed by atoms with E-state index in [1.807, 2.05) is 0 Å².